The second kappa shape index (κ2) is 9.77. The summed E-state index contributed by atoms with van der Waals surface area (Å²) in [5.74, 6) is 7.37. The fourth-order valence-electron chi connectivity index (χ4n) is 3.35. The largest absolute Gasteiger partial charge is 0.393 e. The number of pyridine rings is 1. The summed E-state index contributed by atoms with van der Waals surface area (Å²) in [6.45, 7) is 3.28. The number of anilines is 2. The normalized spacial score (nSPS) is 19.4. The van der Waals surface area contributed by atoms with Crippen molar-refractivity contribution in [2.75, 3.05) is 16.9 Å². The summed E-state index contributed by atoms with van der Waals surface area (Å²) in [5.41, 5.74) is 8.28. The van der Waals surface area contributed by atoms with Crippen molar-refractivity contribution >= 4 is 11.8 Å². The first-order chi connectivity index (χ1) is 13.6. The first-order valence-electron chi connectivity index (χ1n) is 10.1. The van der Waals surface area contributed by atoms with Crippen LogP contribution in [0.3, 0.4) is 0 Å². The van der Waals surface area contributed by atoms with Crippen LogP contribution in [0.4, 0.5) is 11.8 Å². The number of nitrogens with zero attached hydrogens (tertiary/aromatic N) is 4. The molecule has 2 heterocycles. The lowest BCUT2D eigenvalue weighted by atomic mass is 9.93. The molecule has 28 heavy (non-hydrogen) atoms. The monoisotopic (exact) mass is 385 g/mol. The number of hydrogen-bond acceptors (Lipinski definition) is 8. The number of nitrogens with one attached hydrogen (secondary N) is 1. The lowest BCUT2D eigenvalue weighted by Gasteiger charge is -2.27. The third-order valence-corrected chi connectivity index (χ3v) is 5.16. The Morgan fingerprint density at radius 1 is 1.18 bits per heavy atom. The highest BCUT2D eigenvalue weighted by atomic mass is 16.3. The van der Waals surface area contributed by atoms with Gasteiger partial charge in [-0.15, -0.1) is 0 Å². The van der Waals surface area contributed by atoms with Crippen molar-refractivity contribution in [3.8, 4) is 11.3 Å². The molecule has 0 atom stereocenters. The number of hydrazine groups is 1. The van der Waals surface area contributed by atoms with Gasteiger partial charge in [-0.1, -0.05) is 19.4 Å². The SMILES string of the molecule is CCCCN(N)c1ncc(-c2ccc(CN)cn2)c(N[C@H]2CC[C@H](O)CC2)n1. The maximum atomic E-state index is 9.78. The number of unbranched alkanes of at least 4 members (excludes halogenated alkanes) is 1. The molecule has 0 spiro atoms. The van der Waals surface area contributed by atoms with Gasteiger partial charge in [0.05, 0.1) is 17.4 Å². The Morgan fingerprint density at radius 2 is 1.96 bits per heavy atom. The number of aliphatic hydroxyl groups is 1. The van der Waals surface area contributed by atoms with E-state index in [4.69, 9.17) is 16.6 Å². The van der Waals surface area contributed by atoms with E-state index in [1.807, 2.05) is 12.1 Å². The van der Waals surface area contributed by atoms with Crippen LogP contribution in [0, 0.1) is 0 Å². The van der Waals surface area contributed by atoms with Gasteiger partial charge < -0.3 is 16.2 Å². The van der Waals surface area contributed by atoms with Crippen LogP contribution < -0.4 is 21.9 Å². The van der Waals surface area contributed by atoms with Crippen LogP contribution in [0.25, 0.3) is 11.3 Å². The van der Waals surface area contributed by atoms with Gasteiger partial charge in [-0.05, 0) is 43.7 Å². The quantitative estimate of drug-likeness (QED) is 0.402. The van der Waals surface area contributed by atoms with Crippen LogP contribution in [-0.4, -0.2) is 38.7 Å². The van der Waals surface area contributed by atoms with Crippen LogP contribution >= 0.6 is 0 Å². The molecule has 1 saturated carbocycles. The van der Waals surface area contributed by atoms with E-state index >= 15 is 0 Å². The first kappa shape index (κ1) is 20.4. The van der Waals surface area contributed by atoms with Crippen molar-refractivity contribution < 1.29 is 5.11 Å². The molecule has 0 bridgehead atoms. The molecule has 0 saturated heterocycles. The van der Waals surface area contributed by atoms with E-state index in [0.29, 0.717) is 19.0 Å². The first-order valence-corrected chi connectivity index (χ1v) is 10.1. The molecule has 3 rings (SSSR count). The van der Waals surface area contributed by atoms with Crippen molar-refractivity contribution in [1.29, 1.82) is 0 Å². The van der Waals surface area contributed by atoms with Crippen molar-refractivity contribution in [3.63, 3.8) is 0 Å². The third-order valence-electron chi connectivity index (χ3n) is 5.16. The molecule has 1 fully saturated rings. The highest BCUT2D eigenvalue weighted by molar-refractivity contribution is 5.73. The van der Waals surface area contributed by atoms with E-state index < -0.39 is 0 Å². The number of rotatable bonds is 8. The van der Waals surface area contributed by atoms with Crippen molar-refractivity contribution in [3.05, 3.63) is 30.1 Å². The highest BCUT2D eigenvalue weighted by Crippen LogP contribution is 2.29. The van der Waals surface area contributed by atoms with Crippen LogP contribution in [0.5, 0.6) is 0 Å². The minimum atomic E-state index is -0.197. The summed E-state index contributed by atoms with van der Waals surface area (Å²) >= 11 is 0. The molecule has 6 N–H and O–H groups in total. The Morgan fingerprint density at radius 3 is 2.61 bits per heavy atom. The predicted molar refractivity (Wildman–Crippen MR) is 111 cm³/mol. The van der Waals surface area contributed by atoms with Gasteiger partial charge in [0.15, 0.2) is 0 Å². The van der Waals surface area contributed by atoms with E-state index in [1.165, 1.54) is 0 Å². The maximum absolute atomic E-state index is 9.78. The molecule has 2 aromatic heterocycles. The zero-order valence-electron chi connectivity index (χ0n) is 16.5. The minimum absolute atomic E-state index is 0.197. The van der Waals surface area contributed by atoms with Crippen molar-refractivity contribution in [2.24, 2.45) is 11.6 Å². The molecule has 0 amide bonds. The Labute approximate surface area is 166 Å². The van der Waals surface area contributed by atoms with E-state index in [9.17, 15) is 5.11 Å². The number of hydrogen-bond donors (Lipinski definition) is 4. The molecule has 1 aliphatic rings. The van der Waals surface area contributed by atoms with E-state index in [-0.39, 0.29) is 12.1 Å². The average Bonchev–Trinajstić information content (AvgIpc) is 2.73. The summed E-state index contributed by atoms with van der Waals surface area (Å²) in [5, 5.41) is 14.9. The lowest BCUT2D eigenvalue weighted by Crippen LogP contribution is -2.34. The fourth-order valence-corrected chi connectivity index (χ4v) is 3.35. The van der Waals surface area contributed by atoms with E-state index in [2.05, 4.69) is 22.2 Å². The average molecular weight is 386 g/mol. The van der Waals surface area contributed by atoms with Gasteiger partial charge in [-0.2, -0.15) is 4.98 Å². The molecule has 8 nitrogen and oxygen atoms in total. The second-order valence-electron chi connectivity index (χ2n) is 7.38. The van der Waals surface area contributed by atoms with Gasteiger partial charge in [-0.3, -0.25) is 9.99 Å². The number of aromatic nitrogens is 3. The van der Waals surface area contributed by atoms with Crippen LogP contribution in [0.2, 0.25) is 0 Å². The molecular formula is C20H31N7O. The molecule has 152 valence electrons. The minimum Gasteiger partial charge on any atom is -0.393 e. The summed E-state index contributed by atoms with van der Waals surface area (Å²) in [6.07, 6.45) is 8.80. The summed E-state index contributed by atoms with van der Waals surface area (Å²) < 4.78 is 0. The van der Waals surface area contributed by atoms with Crippen LogP contribution in [-0.2, 0) is 6.54 Å². The smallest absolute Gasteiger partial charge is 0.241 e. The molecular weight excluding hydrogens is 354 g/mol. The molecule has 0 aromatic carbocycles. The molecule has 0 aliphatic heterocycles. The Kier molecular flexibility index (Phi) is 7.13. The van der Waals surface area contributed by atoms with Crippen LogP contribution in [0.15, 0.2) is 24.5 Å². The standard InChI is InChI=1S/C20H31N7O/c1-2-3-10-27(22)20-24-13-17(18-9-4-14(11-21)12-23-18)19(26-20)25-15-5-7-16(28)8-6-15/h4,9,12-13,15-16,28H,2-3,5-8,10-11,21-22H2,1H3,(H,24,25,26)/t15-,16-. The summed E-state index contributed by atoms with van der Waals surface area (Å²) in [4.78, 5) is 13.7. The van der Waals surface area contributed by atoms with Gasteiger partial charge >= 0.3 is 0 Å². The molecule has 2 aromatic rings. The van der Waals surface area contributed by atoms with Crippen molar-refractivity contribution in [1.82, 2.24) is 15.0 Å². The fraction of sp³-hybridized carbons (Fsp3) is 0.550. The van der Waals surface area contributed by atoms with Crippen LogP contribution in [0.1, 0.15) is 51.0 Å². The summed E-state index contributed by atoms with van der Waals surface area (Å²) in [6, 6.07) is 4.16. The zero-order valence-corrected chi connectivity index (χ0v) is 16.5. The lowest BCUT2D eigenvalue weighted by molar-refractivity contribution is 0.126. The molecule has 0 radical (unpaired) electrons. The molecule has 1 aliphatic carbocycles. The molecule has 0 unspecified atom stereocenters. The van der Waals surface area contributed by atoms with E-state index in [1.54, 1.807) is 17.4 Å². The zero-order chi connectivity index (χ0) is 19.9. The van der Waals surface area contributed by atoms with E-state index in [0.717, 1.165) is 61.2 Å². The maximum Gasteiger partial charge on any atom is 0.241 e. The third kappa shape index (κ3) is 5.15. The second-order valence-corrected chi connectivity index (χ2v) is 7.38. The topological polar surface area (TPSA) is 126 Å². The predicted octanol–water partition coefficient (Wildman–Crippen LogP) is 2.19. The molecule has 8 heteroatoms. The van der Waals surface area contributed by atoms with Gasteiger partial charge in [0.1, 0.15) is 5.82 Å². The highest BCUT2D eigenvalue weighted by Gasteiger charge is 2.22. The Bertz CT molecular complexity index is 745. The number of nitrogens with two attached hydrogens (primary N) is 2. The Balaban J connectivity index is 1.88. The number of aliphatic hydroxyl groups excluding tert-OH is 1. The van der Waals surface area contributed by atoms with Gasteiger partial charge in [-0.25, -0.2) is 10.8 Å². The van der Waals surface area contributed by atoms with Crippen molar-refractivity contribution in [2.45, 2.75) is 64.1 Å². The summed E-state index contributed by atoms with van der Waals surface area (Å²) in [7, 11) is 0. The van der Waals surface area contributed by atoms with Gasteiger partial charge in [0, 0.05) is 31.5 Å². The van der Waals surface area contributed by atoms with Gasteiger partial charge in [0.2, 0.25) is 5.95 Å². The van der Waals surface area contributed by atoms with Gasteiger partial charge in [0.25, 0.3) is 0 Å². The Hall–Kier alpha value is -2.29.